The molecule has 1 unspecified atom stereocenters. The van der Waals surface area contributed by atoms with Gasteiger partial charge in [0.2, 0.25) is 0 Å². The molecule has 1 rings (SSSR count). The summed E-state index contributed by atoms with van der Waals surface area (Å²) in [6, 6.07) is 0.823. The summed E-state index contributed by atoms with van der Waals surface area (Å²) in [6.45, 7) is 5.85. The standard InChI is InChI=1S/C11H23NS/c1-10(2)5-3-4-7-12-11-6-8-13-9-11/h10-12H,3-9H2,1-2H3. The first-order chi connectivity index (χ1) is 6.29. The molecule has 1 nitrogen and oxygen atoms in total. The van der Waals surface area contributed by atoms with Crippen LogP contribution in [0.5, 0.6) is 0 Å². The Labute approximate surface area is 87.1 Å². The minimum absolute atomic E-state index is 0.823. The van der Waals surface area contributed by atoms with Gasteiger partial charge in [-0.1, -0.05) is 26.7 Å². The van der Waals surface area contributed by atoms with Crippen LogP contribution in [0.3, 0.4) is 0 Å². The largest absolute Gasteiger partial charge is 0.313 e. The van der Waals surface area contributed by atoms with Crippen molar-refractivity contribution >= 4 is 11.8 Å². The zero-order valence-corrected chi connectivity index (χ0v) is 9.83. The van der Waals surface area contributed by atoms with Crippen LogP contribution in [0.4, 0.5) is 0 Å². The van der Waals surface area contributed by atoms with Crippen molar-refractivity contribution in [1.82, 2.24) is 5.32 Å². The van der Waals surface area contributed by atoms with Gasteiger partial charge >= 0.3 is 0 Å². The first kappa shape index (κ1) is 11.4. The highest BCUT2D eigenvalue weighted by atomic mass is 32.2. The summed E-state index contributed by atoms with van der Waals surface area (Å²) < 4.78 is 0. The van der Waals surface area contributed by atoms with Gasteiger partial charge in [0.1, 0.15) is 0 Å². The van der Waals surface area contributed by atoms with E-state index in [2.05, 4.69) is 30.9 Å². The average molecular weight is 201 g/mol. The van der Waals surface area contributed by atoms with Crippen LogP contribution in [0.15, 0.2) is 0 Å². The van der Waals surface area contributed by atoms with Crippen LogP contribution < -0.4 is 5.32 Å². The third-order valence-corrected chi connectivity index (χ3v) is 3.73. The van der Waals surface area contributed by atoms with E-state index in [1.165, 1.54) is 43.7 Å². The van der Waals surface area contributed by atoms with Crippen molar-refractivity contribution in [2.24, 2.45) is 5.92 Å². The number of thioether (sulfide) groups is 1. The maximum absolute atomic E-state index is 3.63. The van der Waals surface area contributed by atoms with E-state index >= 15 is 0 Å². The SMILES string of the molecule is CC(C)CCCCNC1CCSC1. The van der Waals surface area contributed by atoms with E-state index in [4.69, 9.17) is 0 Å². The highest BCUT2D eigenvalue weighted by molar-refractivity contribution is 7.99. The molecule has 1 fully saturated rings. The van der Waals surface area contributed by atoms with Gasteiger partial charge in [-0.05, 0) is 31.1 Å². The van der Waals surface area contributed by atoms with E-state index in [-0.39, 0.29) is 0 Å². The lowest BCUT2D eigenvalue weighted by Crippen LogP contribution is -2.29. The quantitative estimate of drug-likeness (QED) is 0.663. The van der Waals surface area contributed by atoms with Crippen molar-refractivity contribution in [3.05, 3.63) is 0 Å². The molecule has 1 N–H and O–H groups in total. The van der Waals surface area contributed by atoms with Crippen LogP contribution in [0.25, 0.3) is 0 Å². The smallest absolute Gasteiger partial charge is 0.0166 e. The number of rotatable bonds is 6. The van der Waals surface area contributed by atoms with E-state index in [0.717, 1.165) is 12.0 Å². The third kappa shape index (κ3) is 5.58. The first-order valence-corrected chi connectivity index (χ1v) is 6.75. The van der Waals surface area contributed by atoms with E-state index in [0.29, 0.717) is 0 Å². The molecule has 0 aromatic carbocycles. The van der Waals surface area contributed by atoms with Gasteiger partial charge in [-0.25, -0.2) is 0 Å². The van der Waals surface area contributed by atoms with Gasteiger partial charge in [-0.3, -0.25) is 0 Å². The molecule has 2 heteroatoms. The molecule has 1 heterocycles. The monoisotopic (exact) mass is 201 g/mol. The average Bonchev–Trinajstić information content (AvgIpc) is 2.55. The topological polar surface area (TPSA) is 12.0 Å². The van der Waals surface area contributed by atoms with Gasteiger partial charge in [0.15, 0.2) is 0 Å². The zero-order valence-electron chi connectivity index (χ0n) is 9.01. The lowest BCUT2D eigenvalue weighted by Gasteiger charge is -2.11. The normalized spacial score (nSPS) is 22.8. The summed E-state index contributed by atoms with van der Waals surface area (Å²) in [5.74, 6) is 3.58. The molecule has 0 aliphatic carbocycles. The van der Waals surface area contributed by atoms with Gasteiger partial charge in [0.05, 0.1) is 0 Å². The molecular formula is C11H23NS. The minimum Gasteiger partial charge on any atom is -0.313 e. The molecule has 0 bridgehead atoms. The van der Waals surface area contributed by atoms with Crippen molar-refractivity contribution in [3.8, 4) is 0 Å². The second-order valence-corrected chi connectivity index (χ2v) is 5.55. The summed E-state index contributed by atoms with van der Waals surface area (Å²) in [5, 5.41) is 3.63. The number of hydrogen-bond donors (Lipinski definition) is 1. The number of hydrogen-bond acceptors (Lipinski definition) is 2. The zero-order chi connectivity index (χ0) is 9.52. The van der Waals surface area contributed by atoms with Crippen LogP contribution in [0, 0.1) is 5.92 Å². The molecule has 0 amide bonds. The lowest BCUT2D eigenvalue weighted by atomic mass is 10.1. The maximum Gasteiger partial charge on any atom is 0.0166 e. The van der Waals surface area contributed by atoms with Crippen LogP contribution in [-0.2, 0) is 0 Å². The minimum atomic E-state index is 0.823. The van der Waals surface area contributed by atoms with E-state index in [1.807, 2.05) is 0 Å². The number of nitrogens with one attached hydrogen (secondary N) is 1. The molecule has 1 atom stereocenters. The Kier molecular flexibility index (Phi) is 5.88. The second kappa shape index (κ2) is 6.72. The molecule has 0 aromatic rings. The summed E-state index contributed by atoms with van der Waals surface area (Å²) >= 11 is 2.09. The lowest BCUT2D eigenvalue weighted by molar-refractivity contribution is 0.494. The van der Waals surface area contributed by atoms with Crippen molar-refractivity contribution in [2.75, 3.05) is 18.1 Å². The fourth-order valence-corrected chi connectivity index (χ4v) is 2.87. The van der Waals surface area contributed by atoms with E-state index < -0.39 is 0 Å². The van der Waals surface area contributed by atoms with Gasteiger partial charge in [-0.15, -0.1) is 0 Å². The van der Waals surface area contributed by atoms with Gasteiger partial charge in [-0.2, -0.15) is 11.8 Å². The van der Waals surface area contributed by atoms with Gasteiger partial charge < -0.3 is 5.32 Å². The summed E-state index contributed by atoms with van der Waals surface area (Å²) in [6.07, 6.45) is 5.53. The maximum atomic E-state index is 3.63. The summed E-state index contributed by atoms with van der Waals surface area (Å²) in [5.41, 5.74) is 0. The van der Waals surface area contributed by atoms with E-state index in [9.17, 15) is 0 Å². The predicted octanol–water partition coefficient (Wildman–Crippen LogP) is 2.91. The molecular weight excluding hydrogens is 178 g/mol. The Balaban J connectivity index is 1.83. The van der Waals surface area contributed by atoms with Crippen molar-refractivity contribution < 1.29 is 0 Å². The molecule has 1 aliphatic rings. The molecule has 0 aromatic heterocycles. The highest BCUT2D eigenvalue weighted by Gasteiger charge is 2.13. The Morgan fingerprint density at radius 1 is 1.38 bits per heavy atom. The second-order valence-electron chi connectivity index (χ2n) is 4.40. The van der Waals surface area contributed by atoms with Gasteiger partial charge in [0.25, 0.3) is 0 Å². The van der Waals surface area contributed by atoms with Crippen LogP contribution in [0.2, 0.25) is 0 Å². The molecule has 1 saturated heterocycles. The predicted molar refractivity (Wildman–Crippen MR) is 62.4 cm³/mol. The van der Waals surface area contributed by atoms with Gasteiger partial charge in [0, 0.05) is 11.8 Å². The Hall–Kier alpha value is 0.310. The fourth-order valence-electron chi connectivity index (χ4n) is 1.68. The fraction of sp³-hybridized carbons (Fsp3) is 1.00. The summed E-state index contributed by atoms with van der Waals surface area (Å²) in [7, 11) is 0. The molecule has 13 heavy (non-hydrogen) atoms. The first-order valence-electron chi connectivity index (χ1n) is 5.60. The number of unbranched alkanes of at least 4 members (excludes halogenated alkanes) is 1. The highest BCUT2D eigenvalue weighted by Crippen LogP contribution is 2.17. The van der Waals surface area contributed by atoms with Crippen LogP contribution >= 0.6 is 11.8 Å². The molecule has 0 saturated carbocycles. The molecule has 0 radical (unpaired) electrons. The van der Waals surface area contributed by atoms with Crippen molar-refractivity contribution in [3.63, 3.8) is 0 Å². The van der Waals surface area contributed by atoms with Crippen molar-refractivity contribution in [1.29, 1.82) is 0 Å². The molecule has 78 valence electrons. The molecule has 0 spiro atoms. The Morgan fingerprint density at radius 3 is 2.85 bits per heavy atom. The molecule has 1 aliphatic heterocycles. The Morgan fingerprint density at radius 2 is 2.23 bits per heavy atom. The third-order valence-electron chi connectivity index (χ3n) is 2.57. The van der Waals surface area contributed by atoms with Crippen LogP contribution in [0.1, 0.15) is 39.5 Å². The van der Waals surface area contributed by atoms with E-state index in [1.54, 1.807) is 0 Å². The summed E-state index contributed by atoms with van der Waals surface area (Å²) in [4.78, 5) is 0. The Bertz CT molecular complexity index is 119. The van der Waals surface area contributed by atoms with Crippen LogP contribution in [-0.4, -0.2) is 24.1 Å². The van der Waals surface area contributed by atoms with Crippen molar-refractivity contribution in [2.45, 2.75) is 45.6 Å².